The molecule has 1 amide bonds. The molecule has 2 atom stereocenters. The molecule has 0 spiro atoms. The van der Waals surface area contributed by atoms with E-state index in [1.807, 2.05) is 6.08 Å². The maximum Gasteiger partial charge on any atom is 0.273 e. The molecule has 16 heavy (non-hydrogen) atoms. The predicted molar refractivity (Wildman–Crippen MR) is 58.2 cm³/mol. The number of allylic oxidation sites excluding steroid dienone is 3. The Kier molecular flexibility index (Phi) is 1.92. The molecule has 2 heterocycles. The number of rotatable bonds is 0. The van der Waals surface area contributed by atoms with Crippen LogP contribution in [-0.4, -0.2) is 23.0 Å². The minimum atomic E-state index is -0.293. The van der Waals surface area contributed by atoms with Crippen molar-refractivity contribution in [2.75, 3.05) is 0 Å². The lowest BCUT2D eigenvalue weighted by Crippen LogP contribution is -2.23. The molecule has 1 aliphatic carbocycles. The van der Waals surface area contributed by atoms with Crippen molar-refractivity contribution >= 4 is 17.8 Å². The SMILES string of the molecule is O=C1NC2=C3C=NC=CC3CCC2C1=NO. The number of aliphatic imine (C=N–C) groups is 1. The van der Waals surface area contributed by atoms with Gasteiger partial charge in [0.25, 0.3) is 5.91 Å². The first kappa shape index (κ1) is 9.33. The van der Waals surface area contributed by atoms with Crippen LogP contribution in [0.3, 0.4) is 0 Å². The highest BCUT2D eigenvalue weighted by Crippen LogP contribution is 2.37. The Labute approximate surface area is 92.2 Å². The molecular weight excluding hydrogens is 206 g/mol. The van der Waals surface area contributed by atoms with Gasteiger partial charge in [-0.3, -0.25) is 9.79 Å². The second-order valence-corrected chi connectivity index (χ2v) is 4.16. The van der Waals surface area contributed by atoms with Gasteiger partial charge >= 0.3 is 0 Å². The fraction of sp³-hybridized carbons (Fsp3) is 0.364. The molecule has 2 unspecified atom stereocenters. The Morgan fingerprint density at radius 1 is 1.50 bits per heavy atom. The number of hydrogen-bond acceptors (Lipinski definition) is 4. The number of oxime groups is 1. The molecule has 0 aromatic carbocycles. The molecule has 1 fully saturated rings. The number of amides is 1. The van der Waals surface area contributed by atoms with E-state index in [4.69, 9.17) is 5.21 Å². The molecule has 0 bridgehead atoms. The highest BCUT2D eigenvalue weighted by molar-refractivity contribution is 6.43. The van der Waals surface area contributed by atoms with Crippen LogP contribution < -0.4 is 5.32 Å². The zero-order valence-electron chi connectivity index (χ0n) is 8.55. The first-order valence-electron chi connectivity index (χ1n) is 5.28. The average Bonchev–Trinajstić information content (AvgIpc) is 2.65. The summed E-state index contributed by atoms with van der Waals surface area (Å²) in [5, 5.41) is 14.7. The summed E-state index contributed by atoms with van der Waals surface area (Å²) >= 11 is 0. The summed E-state index contributed by atoms with van der Waals surface area (Å²) < 4.78 is 0. The number of nitrogens with one attached hydrogen (secondary N) is 1. The summed E-state index contributed by atoms with van der Waals surface area (Å²) in [5.41, 5.74) is 2.14. The van der Waals surface area contributed by atoms with Crippen molar-refractivity contribution in [3.63, 3.8) is 0 Å². The van der Waals surface area contributed by atoms with Gasteiger partial charge in [0.1, 0.15) is 0 Å². The Morgan fingerprint density at radius 3 is 3.19 bits per heavy atom. The Morgan fingerprint density at radius 2 is 2.38 bits per heavy atom. The van der Waals surface area contributed by atoms with E-state index in [0.717, 1.165) is 24.1 Å². The van der Waals surface area contributed by atoms with E-state index in [2.05, 4.69) is 15.5 Å². The number of carbonyl (C=O) groups excluding carboxylic acids is 1. The lowest BCUT2D eigenvalue weighted by molar-refractivity contribution is -0.113. The van der Waals surface area contributed by atoms with Crippen LogP contribution in [0.15, 0.2) is 33.7 Å². The summed E-state index contributed by atoms with van der Waals surface area (Å²) in [7, 11) is 0. The molecular formula is C11H11N3O2. The van der Waals surface area contributed by atoms with Gasteiger partial charge in [0.2, 0.25) is 0 Å². The maximum absolute atomic E-state index is 11.5. The lowest BCUT2D eigenvalue weighted by atomic mass is 9.79. The predicted octanol–water partition coefficient (Wildman–Crippen LogP) is 0.825. The summed E-state index contributed by atoms with van der Waals surface area (Å²) in [6, 6.07) is 0. The van der Waals surface area contributed by atoms with Crippen molar-refractivity contribution in [2.24, 2.45) is 22.0 Å². The Balaban J connectivity index is 2.10. The van der Waals surface area contributed by atoms with Crippen molar-refractivity contribution in [1.29, 1.82) is 0 Å². The molecule has 0 saturated carbocycles. The summed E-state index contributed by atoms with van der Waals surface area (Å²) in [4.78, 5) is 15.6. The van der Waals surface area contributed by atoms with Crippen LogP contribution in [0.2, 0.25) is 0 Å². The van der Waals surface area contributed by atoms with Crippen LogP contribution in [-0.2, 0) is 4.79 Å². The van der Waals surface area contributed by atoms with Gasteiger partial charge in [-0.2, -0.15) is 0 Å². The monoisotopic (exact) mass is 217 g/mol. The smallest absolute Gasteiger partial charge is 0.273 e. The second kappa shape index (κ2) is 3.30. The van der Waals surface area contributed by atoms with E-state index in [0.29, 0.717) is 5.92 Å². The largest absolute Gasteiger partial charge is 0.410 e. The summed E-state index contributed by atoms with van der Waals surface area (Å²) in [5.74, 6) is -0.0394. The van der Waals surface area contributed by atoms with E-state index in [9.17, 15) is 4.79 Å². The zero-order valence-corrected chi connectivity index (χ0v) is 8.55. The number of carbonyl (C=O) groups is 1. The van der Waals surface area contributed by atoms with Gasteiger partial charge in [-0.15, -0.1) is 0 Å². The molecule has 3 rings (SSSR count). The Hall–Kier alpha value is -1.91. The summed E-state index contributed by atoms with van der Waals surface area (Å²) in [6.07, 6.45) is 7.40. The third-order valence-electron chi connectivity index (χ3n) is 3.36. The van der Waals surface area contributed by atoms with Crippen molar-refractivity contribution in [1.82, 2.24) is 5.32 Å². The lowest BCUT2D eigenvalue weighted by Gasteiger charge is -2.26. The van der Waals surface area contributed by atoms with Crippen molar-refractivity contribution < 1.29 is 10.0 Å². The second-order valence-electron chi connectivity index (χ2n) is 4.16. The van der Waals surface area contributed by atoms with Crippen LogP contribution in [0.25, 0.3) is 0 Å². The van der Waals surface area contributed by atoms with Crippen molar-refractivity contribution in [3.05, 3.63) is 23.5 Å². The van der Waals surface area contributed by atoms with Gasteiger partial charge < -0.3 is 10.5 Å². The van der Waals surface area contributed by atoms with Gasteiger partial charge in [-0.05, 0) is 18.4 Å². The van der Waals surface area contributed by atoms with Gasteiger partial charge in [-0.1, -0.05) is 11.2 Å². The minimum Gasteiger partial charge on any atom is -0.410 e. The average molecular weight is 217 g/mol. The van der Waals surface area contributed by atoms with E-state index >= 15 is 0 Å². The molecule has 0 radical (unpaired) electrons. The van der Waals surface area contributed by atoms with Crippen LogP contribution in [0.4, 0.5) is 0 Å². The van der Waals surface area contributed by atoms with E-state index in [1.165, 1.54) is 0 Å². The van der Waals surface area contributed by atoms with Crippen LogP contribution in [0, 0.1) is 11.8 Å². The maximum atomic E-state index is 11.5. The van der Waals surface area contributed by atoms with E-state index < -0.39 is 0 Å². The highest BCUT2D eigenvalue weighted by Gasteiger charge is 2.41. The molecule has 5 nitrogen and oxygen atoms in total. The first-order chi connectivity index (χ1) is 7.81. The minimum absolute atomic E-state index is 0.0818. The molecule has 1 saturated heterocycles. The van der Waals surface area contributed by atoms with Crippen LogP contribution in [0.1, 0.15) is 12.8 Å². The Bertz CT molecular complexity index is 474. The standard InChI is InChI=1S/C11H11N3O2/c15-11-10(14-16)7-2-1-6-3-4-12-5-8(6)9(7)13-11/h3-7,16H,1-2H2,(H,13,15). The molecule has 82 valence electrons. The molecule has 0 aromatic heterocycles. The fourth-order valence-corrected chi connectivity index (χ4v) is 2.58. The van der Waals surface area contributed by atoms with Crippen LogP contribution >= 0.6 is 0 Å². The molecule has 2 aliphatic heterocycles. The summed E-state index contributed by atoms with van der Waals surface area (Å²) in [6.45, 7) is 0. The van der Waals surface area contributed by atoms with E-state index in [-0.39, 0.29) is 17.5 Å². The van der Waals surface area contributed by atoms with Crippen LogP contribution in [0.5, 0.6) is 0 Å². The zero-order chi connectivity index (χ0) is 11.1. The third-order valence-corrected chi connectivity index (χ3v) is 3.36. The first-order valence-corrected chi connectivity index (χ1v) is 5.28. The molecule has 2 N–H and O–H groups in total. The number of fused-ring (bicyclic) bond motifs is 2. The van der Waals surface area contributed by atoms with Crippen molar-refractivity contribution in [2.45, 2.75) is 12.8 Å². The van der Waals surface area contributed by atoms with Gasteiger partial charge in [0.05, 0.1) is 5.92 Å². The van der Waals surface area contributed by atoms with Gasteiger partial charge in [0.15, 0.2) is 5.71 Å². The van der Waals surface area contributed by atoms with Crippen molar-refractivity contribution in [3.8, 4) is 0 Å². The molecule has 3 aliphatic rings. The fourth-order valence-electron chi connectivity index (χ4n) is 2.58. The highest BCUT2D eigenvalue weighted by atomic mass is 16.4. The molecule has 0 aromatic rings. The topological polar surface area (TPSA) is 74.0 Å². The van der Waals surface area contributed by atoms with Gasteiger partial charge in [-0.25, -0.2) is 0 Å². The normalized spacial score (nSPS) is 34.0. The third kappa shape index (κ3) is 1.14. The number of nitrogens with zero attached hydrogens (tertiary/aromatic N) is 2. The van der Waals surface area contributed by atoms with E-state index in [1.54, 1.807) is 12.4 Å². The number of hydrogen-bond donors (Lipinski definition) is 2. The van der Waals surface area contributed by atoms with Gasteiger partial charge in [0, 0.05) is 24.0 Å². The quantitative estimate of drug-likeness (QED) is 0.465. The molecule has 5 heteroatoms.